The van der Waals surface area contributed by atoms with Crippen molar-refractivity contribution in [3.63, 3.8) is 0 Å². The lowest BCUT2D eigenvalue weighted by atomic mass is 10.4. The number of carbonyl (C=O) groups excluding carboxylic acids is 2. The number of alkyl halides is 4. The molecule has 0 N–H and O–H groups in total. The predicted molar refractivity (Wildman–Crippen MR) is 50.4 cm³/mol. The third kappa shape index (κ3) is 6.49. The van der Waals surface area contributed by atoms with Crippen LogP contribution in [0.15, 0.2) is 0 Å². The van der Waals surface area contributed by atoms with Crippen LogP contribution in [-0.4, -0.2) is 48.5 Å². The van der Waals surface area contributed by atoms with Crippen LogP contribution in [0.4, 0.5) is 18.0 Å². The molecule has 0 atom stereocenters. The Morgan fingerprint density at radius 1 is 1.38 bits per heavy atom. The lowest BCUT2D eigenvalue weighted by Gasteiger charge is -2.21. The molecular formula is C8H11ClF3NO3. The molecule has 0 aliphatic heterocycles. The van der Waals surface area contributed by atoms with Crippen LogP contribution in [0, 0.1) is 0 Å². The van der Waals surface area contributed by atoms with Gasteiger partial charge in [0.2, 0.25) is 0 Å². The molecule has 0 aliphatic rings. The largest absolute Gasteiger partial charge is 0.450 e. The van der Waals surface area contributed by atoms with Crippen LogP contribution in [0.3, 0.4) is 0 Å². The molecule has 8 heteroatoms. The Kier molecular flexibility index (Phi) is 6.17. The summed E-state index contributed by atoms with van der Waals surface area (Å²) < 4.78 is 40.6. The maximum Gasteiger partial charge on any atom is 0.410 e. The van der Waals surface area contributed by atoms with Gasteiger partial charge >= 0.3 is 12.3 Å². The summed E-state index contributed by atoms with van der Waals surface area (Å²) in [7, 11) is 0. The summed E-state index contributed by atoms with van der Waals surface area (Å²) in [6.45, 7) is -0.856. The second-order valence-electron chi connectivity index (χ2n) is 2.84. The van der Waals surface area contributed by atoms with Crippen molar-refractivity contribution in [3.8, 4) is 0 Å². The number of carbonyl (C=O) groups is 2. The third-order valence-electron chi connectivity index (χ3n) is 1.41. The third-order valence-corrected chi connectivity index (χ3v) is 1.71. The van der Waals surface area contributed by atoms with Gasteiger partial charge in [-0.2, -0.15) is 13.2 Å². The van der Waals surface area contributed by atoms with E-state index in [1.165, 1.54) is 6.92 Å². The van der Waals surface area contributed by atoms with Crippen molar-refractivity contribution in [1.29, 1.82) is 0 Å². The highest BCUT2D eigenvalue weighted by molar-refractivity contribution is 6.28. The molecule has 16 heavy (non-hydrogen) atoms. The fraction of sp³-hybridized carbons (Fsp3) is 0.750. The van der Waals surface area contributed by atoms with Gasteiger partial charge in [0.05, 0.1) is 19.0 Å². The lowest BCUT2D eigenvalue weighted by Crippen LogP contribution is -2.42. The number of hydrogen-bond acceptors (Lipinski definition) is 3. The van der Waals surface area contributed by atoms with Crippen LogP contribution in [0.25, 0.3) is 0 Å². The Bertz CT molecular complexity index is 257. The van der Waals surface area contributed by atoms with E-state index in [-0.39, 0.29) is 11.5 Å². The zero-order chi connectivity index (χ0) is 12.8. The zero-order valence-corrected chi connectivity index (χ0v) is 9.27. The van der Waals surface area contributed by atoms with Crippen molar-refractivity contribution in [2.24, 2.45) is 0 Å². The predicted octanol–water partition coefficient (Wildman–Crippen LogP) is 1.82. The van der Waals surface area contributed by atoms with Crippen LogP contribution in [0.1, 0.15) is 6.92 Å². The molecule has 0 saturated heterocycles. The van der Waals surface area contributed by atoms with Crippen LogP contribution in [0.2, 0.25) is 0 Å². The van der Waals surface area contributed by atoms with Crippen LogP contribution in [-0.2, 0) is 9.53 Å². The van der Waals surface area contributed by atoms with Crippen molar-refractivity contribution in [2.45, 2.75) is 13.1 Å². The Morgan fingerprint density at radius 3 is 2.31 bits per heavy atom. The molecular weight excluding hydrogens is 251 g/mol. The fourth-order valence-corrected chi connectivity index (χ4v) is 0.956. The Balaban J connectivity index is 4.50. The van der Waals surface area contributed by atoms with Crippen molar-refractivity contribution < 1.29 is 27.5 Å². The van der Waals surface area contributed by atoms with Gasteiger partial charge in [0.1, 0.15) is 6.54 Å². The minimum atomic E-state index is -4.58. The Morgan fingerprint density at radius 2 is 1.94 bits per heavy atom. The Labute approximate surface area is 95.3 Å². The fourth-order valence-electron chi connectivity index (χ4n) is 0.871. The number of halogens is 4. The number of Topliss-reactive ketones (excluding diaryl/α,β-unsaturated/α-hetero) is 1. The van der Waals surface area contributed by atoms with Gasteiger partial charge < -0.3 is 4.74 Å². The summed E-state index contributed by atoms with van der Waals surface area (Å²) in [5, 5.41) is 0. The summed E-state index contributed by atoms with van der Waals surface area (Å²) in [5.41, 5.74) is 0. The molecule has 0 saturated carbocycles. The highest BCUT2D eigenvalue weighted by Crippen LogP contribution is 2.17. The minimum absolute atomic E-state index is 0.0672. The minimum Gasteiger partial charge on any atom is -0.450 e. The quantitative estimate of drug-likeness (QED) is 0.709. The number of hydrogen-bond donors (Lipinski definition) is 0. The van der Waals surface area contributed by atoms with Crippen LogP contribution >= 0.6 is 11.6 Å². The zero-order valence-electron chi connectivity index (χ0n) is 8.51. The highest BCUT2D eigenvalue weighted by atomic mass is 35.5. The number of ether oxygens (including phenoxy) is 1. The average Bonchev–Trinajstić information content (AvgIpc) is 2.14. The van der Waals surface area contributed by atoms with Gasteiger partial charge in [0, 0.05) is 0 Å². The molecule has 4 nitrogen and oxygen atoms in total. The van der Waals surface area contributed by atoms with E-state index in [4.69, 9.17) is 11.6 Å². The maximum atomic E-state index is 12.1. The topological polar surface area (TPSA) is 46.6 Å². The SMILES string of the molecule is CCOC(=O)N(CC(=O)CCl)CC(F)(F)F. The molecule has 0 bridgehead atoms. The summed E-state index contributed by atoms with van der Waals surface area (Å²) in [4.78, 5) is 22.2. The highest BCUT2D eigenvalue weighted by Gasteiger charge is 2.34. The molecule has 1 amide bonds. The molecule has 0 radical (unpaired) electrons. The van der Waals surface area contributed by atoms with E-state index in [0.717, 1.165) is 0 Å². The molecule has 0 aliphatic carbocycles. The lowest BCUT2D eigenvalue weighted by molar-refractivity contribution is -0.144. The first-order chi connectivity index (χ1) is 7.30. The standard InChI is InChI=1S/C8H11ClF3NO3/c1-2-16-7(15)13(4-6(14)3-9)5-8(10,11)12/h2-5H2,1H3. The van der Waals surface area contributed by atoms with E-state index in [2.05, 4.69) is 4.74 Å². The molecule has 0 heterocycles. The van der Waals surface area contributed by atoms with E-state index in [1.807, 2.05) is 0 Å². The van der Waals surface area contributed by atoms with Gasteiger partial charge in [-0.25, -0.2) is 4.79 Å². The Hall–Kier alpha value is -0.980. The van der Waals surface area contributed by atoms with E-state index >= 15 is 0 Å². The van der Waals surface area contributed by atoms with E-state index in [1.54, 1.807) is 0 Å². The van der Waals surface area contributed by atoms with Crippen LogP contribution in [0.5, 0.6) is 0 Å². The monoisotopic (exact) mass is 261 g/mol. The van der Waals surface area contributed by atoms with Gasteiger partial charge in [-0.1, -0.05) is 0 Å². The van der Waals surface area contributed by atoms with Gasteiger partial charge in [-0.15, -0.1) is 11.6 Å². The van der Waals surface area contributed by atoms with Gasteiger partial charge in [0.15, 0.2) is 5.78 Å². The van der Waals surface area contributed by atoms with Gasteiger partial charge in [-0.05, 0) is 6.92 Å². The van der Waals surface area contributed by atoms with Crippen molar-refractivity contribution in [2.75, 3.05) is 25.6 Å². The van der Waals surface area contributed by atoms with Gasteiger partial charge in [0.25, 0.3) is 0 Å². The number of ketones is 1. The summed E-state index contributed by atoms with van der Waals surface area (Å²) in [5.74, 6) is -1.13. The normalized spacial score (nSPS) is 11.1. The molecule has 0 fully saturated rings. The molecule has 94 valence electrons. The summed E-state index contributed by atoms with van der Waals surface area (Å²) in [6.07, 6.45) is -5.77. The molecule has 0 aromatic rings. The second kappa shape index (κ2) is 6.57. The first-order valence-electron chi connectivity index (χ1n) is 4.36. The summed E-state index contributed by atoms with van der Waals surface area (Å²) in [6, 6.07) is 0. The first-order valence-corrected chi connectivity index (χ1v) is 4.89. The average molecular weight is 262 g/mol. The van der Waals surface area contributed by atoms with Crippen molar-refractivity contribution in [3.05, 3.63) is 0 Å². The van der Waals surface area contributed by atoms with Crippen molar-refractivity contribution >= 4 is 23.5 Å². The molecule has 0 unspecified atom stereocenters. The molecule has 0 aromatic carbocycles. The van der Waals surface area contributed by atoms with E-state index in [0.29, 0.717) is 0 Å². The smallest absolute Gasteiger partial charge is 0.410 e. The number of amides is 1. The van der Waals surface area contributed by atoms with E-state index in [9.17, 15) is 22.8 Å². The number of rotatable bonds is 5. The molecule has 0 rings (SSSR count). The maximum absolute atomic E-state index is 12.1. The second-order valence-corrected chi connectivity index (χ2v) is 3.11. The first kappa shape index (κ1) is 15.0. The molecule has 0 aromatic heterocycles. The van der Waals surface area contributed by atoms with Gasteiger partial charge in [-0.3, -0.25) is 9.69 Å². The van der Waals surface area contributed by atoms with Crippen molar-refractivity contribution in [1.82, 2.24) is 4.90 Å². The number of nitrogens with zero attached hydrogens (tertiary/aromatic N) is 1. The summed E-state index contributed by atoms with van der Waals surface area (Å²) >= 11 is 5.14. The molecule has 0 spiro atoms. The van der Waals surface area contributed by atoms with Crippen LogP contribution < -0.4 is 0 Å². The van der Waals surface area contributed by atoms with E-state index < -0.39 is 37.0 Å².